The Kier molecular flexibility index (Phi) is 6.15. The van der Waals surface area contributed by atoms with E-state index in [0.717, 1.165) is 5.56 Å². The van der Waals surface area contributed by atoms with Gasteiger partial charge in [0.25, 0.3) is 11.1 Å². The highest BCUT2D eigenvalue weighted by atomic mass is 35.5. The number of carbonyl (C=O) groups is 2. The number of anilines is 1. The summed E-state index contributed by atoms with van der Waals surface area (Å²) in [5.41, 5.74) is 0.496. The Morgan fingerprint density at radius 1 is 1.00 bits per heavy atom. The van der Waals surface area contributed by atoms with Crippen LogP contribution in [0, 0.1) is 0 Å². The van der Waals surface area contributed by atoms with Gasteiger partial charge in [0, 0.05) is 10.9 Å². The van der Waals surface area contributed by atoms with E-state index in [9.17, 15) is 19.2 Å². The Hall–Kier alpha value is -3.76. The number of hydrogen-bond acceptors (Lipinski definition) is 6. The average molecular weight is 470 g/mol. The number of aromatic nitrogens is 3. The molecule has 2 aromatic carbocycles. The van der Waals surface area contributed by atoms with Gasteiger partial charge in [0.2, 0.25) is 11.8 Å². The lowest BCUT2D eigenvalue weighted by Gasteiger charge is -2.08. The number of hydrogen-bond donors (Lipinski definition) is 4. The minimum Gasteiger partial charge on any atom is -0.347 e. The summed E-state index contributed by atoms with van der Waals surface area (Å²) >= 11 is 7.56. The Morgan fingerprint density at radius 2 is 1.78 bits per heavy atom. The van der Waals surface area contributed by atoms with Gasteiger partial charge in [-0.15, -0.1) is 11.3 Å². The molecule has 0 unspecified atom stereocenters. The van der Waals surface area contributed by atoms with Gasteiger partial charge in [-0.25, -0.2) is 4.98 Å². The highest BCUT2D eigenvalue weighted by Gasteiger charge is 2.14. The fourth-order valence-electron chi connectivity index (χ4n) is 3.08. The number of nitrogens with one attached hydrogen (secondary N) is 4. The number of thiazole rings is 1. The summed E-state index contributed by atoms with van der Waals surface area (Å²) in [6.45, 7) is -0.308. The molecular formula is C21H16ClN5O4S. The van der Waals surface area contributed by atoms with Gasteiger partial charge in [0.1, 0.15) is 5.01 Å². The van der Waals surface area contributed by atoms with Gasteiger partial charge in [-0.05, 0) is 18.2 Å². The van der Waals surface area contributed by atoms with Crippen LogP contribution in [0.3, 0.4) is 0 Å². The molecule has 4 aromatic rings. The molecule has 0 aliphatic carbocycles. The van der Waals surface area contributed by atoms with Gasteiger partial charge < -0.3 is 10.6 Å². The van der Waals surface area contributed by atoms with E-state index >= 15 is 0 Å². The third kappa shape index (κ3) is 4.61. The maximum atomic E-state index is 12.3. The second-order valence-corrected chi connectivity index (χ2v) is 8.03. The molecule has 2 amide bonds. The predicted octanol–water partition coefficient (Wildman–Crippen LogP) is 2.29. The van der Waals surface area contributed by atoms with Crippen LogP contribution < -0.4 is 21.8 Å². The Balaban J connectivity index is 1.37. The fourth-order valence-corrected chi connectivity index (χ4v) is 4.22. The molecule has 0 spiro atoms. The second kappa shape index (κ2) is 9.16. The zero-order valence-corrected chi connectivity index (χ0v) is 18.0. The van der Waals surface area contributed by atoms with Gasteiger partial charge in [-0.2, -0.15) is 0 Å². The number of aromatic amines is 2. The summed E-state index contributed by atoms with van der Waals surface area (Å²) in [5, 5.41) is 12.8. The van der Waals surface area contributed by atoms with Crippen molar-refractivity contribution in [2.24, 2.45) is 0 Å². The number of H-pyrrole nitrogens is 2. The minimum atomic E-state index is -0.544. The van der Waals surface area contributed by atoms with Gasteiger partial charge in [-0.3, -0.25) is 29.4 Å². The average Bonchev–Trinajstić information content (AvgIpc) is 3.23. The molecule has 0 saturated carbocycles. The Morgan fingerprint density at radius 3 is 2.59 bits per heavy atom. The lowest BCUT2D eigenvalue weighted by atomic mass is 10.1. The van der Waals surface area contributed by atoms with E-state index in [-0.39, 0.29) is 35.3 Å². The molecule has 9 nitrogen and oxygen atoms in total. The van der Waals surface area contributed by atoms with Crippen molar-refractivity contribution in [1.29, 1.82) is 0 Å². The molecule has 0 aliphatic heterocycles. The zero-order valence-electron chi connectivity index (χ0n) is 16.4. The van der Waals surface area contributed by atoms with Crippen LogP contribution in [0.1, 0.15) is 5.69 Å². The number of fused-ring (bicyclic) bond motifs is 1. The van der Waals surface area contributed by atoms with Crippen LogP contribution >= 0.6 is 22.9 Å². The standard InChI is InChI=1S/C21H16ClN5O4S/c22-14-6-2-1-4-12(14)21-24-11(10-32-21)8-16(28)23-9-17(29)25-15-7-3-5-13-18(15)20(31)27-26-19(13)30/h1-7,10H,8-9H2,(H,23,28)(H,25,29)(H,26,30)(H,27,31). The van der Waals surface area contributed by atoms with Crippen molar-refractivity contribution in [2.45, 2.75) is 6.42 Å². The summed E-state index contributed by atoms with van der Waals surface area (Å²) in [4.78, 5) is 52.9. The SMILES string of the molecule is O=C(Cc1csc(-c2ccccc2Cl)n1)NCC(=O)Nc1cccc2c(=O)[nH][nH]c(=O)c12. The molecule has 32 heavy (non-hydrogen) atoms. The van der Waals surface area contributed by atoms with Crippen LogP contribution in [0.4, 0.5) is 5.69 Å². The number of amides is 2. The smallest absolute Gasteiger partial charge is 0.272 e. The molecule has 4 rings (SSSR count). The first-order chi connectivity index (χ1) is 15.4. The normalized spacial score (nSPS) is 10.8. The van der Waals surface area contributed by atoms with Crippen LogP contribution in [0.25, 0.3) is 21.3 Å². The molecule has 0 saturated heterocycles. The van der Waals surface area contributed by atoms with Crippen molar-refractivity contribution in [2.75, 3.05) is 11.9 Å². The number of benzene rings is 2. The lowest BCUT2D eigenvalue weighted by Crippen LogP contribution is -2.34. The number of halogens is 1. The van der Waals surface area contributed by atoms with Crippen molar-refractivity contribution >= 4 is 51.2 Å². The first-order valence-electron chi connectivity index (χ1n) is 9.42. The monoisotopic (exact) mass is 469 g/mol. The van der Waals surface area contributed by atoms with Gasteiger partial charge in [-0.1, -0.05) is 35.9 Å². The zero-order chi connectivity index (χ0) is 22.7. The van der Waals surface area contributed by atoms with Crippen LogP contribution in [0.15, 0.2) is 57.4 Å². The maximum absolute atomic E-state index is 12.3. The molecular weight excluding hydrogens is 454 g/mol. The molecule has 0 fully saturated rings. The van der Waals surface area contributed by atoms with E-state index in [1.807, 2.05) is 18.2 Å². The molecule has 0 radical (unpaired) electrons. The van der Waals surface area contributed by atoms with E-state index in [4.69, 9.17) is 11.6 Å². The van der Waals surface area contributed by atoms with E-state index < -0.39 is 17.0 Å². The van der Waals surface area contributed by atoms with Crippen LogP contribution in [-0.4, -0.2) is 33.5 Å². The van der Waals surface area contributed by atoms with Crippen LogP contribution in [-0.2, 0) is 16.0 Å². The molecule has 162 valence electrons. The van der Waals surface area contributed by atoms with E-state index in [0.29, 0.717) is 15.7 Å². The lowest BCUT2D eigenvalue weighted by molar-refractivity contribution is -0.123. The minimum absolute atomic E-state index is 0.00244. The number of carbonyl (C=O) groups excluding carboxylic acids is 2. The highest BCUT2D eigenvalue weighted by molar-refractivity contribution is 7.13. The van der Waals surface area contributed by atoms with E-state index in [1.54, 1.807) is 17.5 Å². The Bertz CT molecular complexity index is 1440. The molecule has 2 aromatic heterocycles. The topological polar surface area (TPSA) is 137 Å². The molecule has 0 atom stereocenters. The van der Waals surface area contributed by atoms with Crippen LogP contribution in [0.2, 0.25) is 5.02 Å². The Labute approximate surface area is 189 Å². The molecule has 0 aliphatic rings. The van der Waals surface area contributed by atoms with Gasteiger partial charge >= 0.3 is 0 Å². The molecule has 4 N–H and O–H groups in total. The summed E-state index contributed by atoms with van der Waals surface area (Å²) in [6, 6.07) is 11.8. The predicted molar refractivity (Wildman–Crippen MR) is 123 cm³/mol. The second-order valence-electron chi connectivity index (χ2n) is 6.76. The quantitative estimate of drug-likeness (QED) is 0.343. The van der Waals surface area contributed by atoms with E-state index in [1.165, 1.54) is 23.5 Å². The number of nitrogens with zero attached hydrogens (tertiary/aromatic N) is 1. The molecule has 2 heterocycles. The summed E-state index contributed by atoms with van der Waals surface area (Å²) in [6.07, 6.45) is -0.00244. The number of rotatable bonds is 6. The molecule has 11 heteroatoms. The highest BCUT2D eigenvalue weighted by Crippen LogP contribution is 2.30. The first kappa shape index (κ1) is 21.5. The van der Waals surface area contributed by atoms with Crippen molar-refractivity contribution in [3.05, 3.63) is 79.3 Å². The maximum Gasteiger partial charge on any atom is 0.272 e. The van der Waals surface area contributed by atoms with Crippen molar-refractivity contribution < 1.29 is 9.59 Å². The summed E-state index contributed by atoms with van der Waals surface area (Å²) in [7, 11) is 0. The largest absolute Gasteiger partial charge is 0.347 e. The van der Waals surface area contributed by atoms with E-state index in [2.05, 4.69) is 25.8 Å². The first-order valence-corrected chi connectivity index (χ1v) is 10.7. The van der Waals surface area contributed by atoms with Gasteiger partial charge in [0.05, 0.1) is 40.1 Å². The van der Waals surface area contributed by atoms with Crippen molar-refractivity contribution in [1.82, 2.24) is 20.5 Å². The molecule has 0 bridgehead atoms. The fraction of sp³-hybridized carbons (Fsp3) is 0.0952. The van der Waals surface area contributed by atoms with Crippen molar-refractivity contribution in [3.8, 4) is 10.6 Å². The van der Waals surface area contributed by atoms with Gasteiger partial charge in [0.15, 0.2) is 0 Å². The third-order valence-electron chi connectivity index (χ3n) is 4.54. The van der Waals surface area contributed by atoms with Crippen molar-refractivity contribution in [3.63, 3.8) is 0 Å². The summed E-state index contributed by atoms with van der Waals surface area (Å²) in [5.74, 6) is -0.927. The van der Waals surface area contributed by atoms with Crippen LogP contribution in [0.5, 0.6) is 0 Å². The third-order valence-corrected chi connectivity index (χ3v) is 5.80. The summed E-state index contributed by atoms with van der Waals surface area (Å²) < 4.78 is 0.